The fourth-order valence-electron chi connectivity index (χ4n) is 3.96. The van der Waals surface area contributed by atoms with E-state index in [0.29, 0.717) is 23.0 Å². The molecule has 0 saturated carbocycles. The highest BCUT2D eigenvalue weighted by Crippen LogP contribution is 2.49. The van der Waals surface area contributed by atoms with Crippen molar-refractivity contribution in [3.05, 3.63) is 47.1 Å². The Bertz CT molecular complexity index is 782. The van der Waals surface area contributed by atoms with Crippen LogP contribution in [0, 0.1) is 11.8 Å². The molecule has 1 saturated heterocycles. The molecule has 0 aromatic carbocycles. The summed E-state index contributed by atoms with van der Waals surface area (Å²) in [6, 6.07) is 0. The van der Waals surface area contributed by atoms with Gasteiger partial charge in [-0.2, -0.15) is 0 Å². The monoisotopic (exact) mass is 358 g/mol. The van der Waals surface area contributed by atoms with E-state index in [1.54, 1.807) is 39.0 Å². The van der Waals surface area contributed by atoms with Crippen LogP contribution in [0.2, 0.25) is 0 Å². The summed E-state index contributed by atoms with van der Waals surface area (Å²) >= 11 is 0. The van der Waals surface area contributed by atoms with Gasteiger partial charge >= 0.3 is 11.9 Å². The Hall–Kier alpha value is -2.47. The minimum Gasteiger partial charge on any atom is -0.458 e. The van der Waals surface area contributed by atoms with E-state index in [2.05, 4.69) is 6.58 Å². The fraction of sp³-hybridized carbons (Fsp3) is 0.450. The summed E-state index contributed by atoms with van der Waals surface area (Å²) in [6.45, 7) is 8.76. The zero-order valence-corrected chi connectivity index (χ0v) is 15.0. The average Bonchev–Trinajstić information content (AvgIpc) is 3.01. The van der Waals surface area contributed by atoms with Gasteiger partial charge in [0.1, 0.15) is 18.5 Å². The van der Waals surface area contributed by atoms with E-state index in [1.165, 1.54) is 0 Å². The fourth-order valence-corrected chi connectivity index (χ4v) is 3.96. The van der Waals surface area contributed by atoms with Gasteiger partial charge < -0.3 is 14.6 Å². The quantitative estimate of drug-likeness (QED) is 0.470. The highest BCUT2D eigenvalue weighted by atomic mass is 16.6. The van der Waals surface area contributed by atoms with E-state index in [1.807, 2.05) is 0 Å². The highest BCUT2D eigenvalue weighted by molar-refractivity contribution is 5.92. The molecule has 2 aliphatic carbocycles. The molecular weight excluding hydrogens is 336 g/mol. The summed E-state index contributed by atoms with van der Waals surface area (Å²) in [5, 5.41) is 10.8. The summed E-state index contributed by atoms with van der Waals surface area (Å²) in [5.74, 6) is -2.32. The van der Waals surface area contributed by atoms with Crippen LogP contribution in [0.3, 0.4) is 0 Å². The molecule has 5 atom stereocenters. The topological polar surface area (TPSA) is 89.9 Å². The Labute approximate surface area is 151 Å². The van der Waals surface area contributed by atoms with Gasteiger partial charge in [-0.05, 0) is 31.9 Å². The third-order valence-electron chi connectivity index (χ3n) is 5.50. The van der Waals surface area contributed by atoms with Crippen LogP contribution in [0.1, 0.15) is 27.2 Å². The van der Waals surface area contributed by atoms with Gasteiger partial charge in [0.25, 0.3) is 0 Å². The lowest BCUT2D eigenvalue weighted by atomic mass is 9.78. The van der Waals surface area contributed by atoms with Crippen LogP contribution >= 0.6 is 0 Å². The SMILES string of the molecule is C=C1C(=O)O[C@@H]2C3C(=C(C=O)C[C@@H](OC(=O)/C(C)=C\C)[C@@H]12)C=C[C@@]3(C)O. The van der Waals surface area contributed by atoms with Crippen LogP contribution in [0.15, 0.2) is 47.1 Å². The first-order valence-corrected chi connectivity index (χ1v) is 8.54. The summed E-state index contributed by atoms with van der Waals surface area (Å²) in [5.41, 5.74) is 0.381. The molecule has 3 aliphatic rings. The molecule has 0 aromatic rings. The predicted molar refractivity (Wildman–Crippen MR) is 92.8 cm³/mol. The summed E-state index contributed by atoms with van der Waals surface area (Å²) < 4.78 is 11.1. The van der Waals surface area contributed by atoms with Gasteiger partial charge in [-0.3, -0.25) is 4.79 Å². The highest BCUT2D eigenvalue weighted by Gasteiger charge is 2.56. The van der Waals surface area contributed by atoms with Crippen LogP contribution in [0.25, 0.3) is 0 Å². The van der Waals surface area contributed by atoms with E-state index in [4.69, 9.17) is 9.47 Å². The second kappa shape index (κ2) is 6.36. The molecule has 3 rings (SSSR count). The van der Waals surface area contributed by atoms with Crippen LogP contribution in [-0.4, -0.2) is 41.1 Å². The number of carbonyl (C=O) groups is 3. The van der Waals surface area contributed by atoms with E-state index in [9.17, 15) is 19.5 Å². The lowest BCUT2D eigenvalue weighted by Gasteiger charge is -2.33. The molecule has 1 N–H and O–H groups in total. The Morgan fingerprint density at radius 3 is 2.81 bits per heavy atom. The van der Waals surface area contributed by atoms with Gasteiger partial charge in [-0.15, -0.1) is 0 Å². The predicted octanol–water partition coefficient (Wildman–Crippen LogP) is 1.80. The molecule has 1 heterocycles. The van der Waals surface area contributed by atoms with Gasteiger partial charge in [0.05, 0.1) is 17.4 Å². The summed E-state index contributed by atoms with van der Waals surface area (Å²) in [7, 11) is 0. The van der Waals surface area contributed by atoms with Crippen molar-refractivity contribution >= 4 is 18.2 Å². The first kappa shape index (κ1) is 18.3. The number of aldehydes is 1. The van der Waals surface area contributed by atoms with Crippen molar-refractivity contribution in [2.45, 2.75) is 45.0 Å². The largest absolute Gasteiger partial charge is 0.458 e. The maximum absolute atomic E-state index is 12.3. The number of fused-ring (bicyclic) bond motifs is 3. The van der Waals surface area contributed by atoms with Crippen LogP contribution < -0.4 is 0 Å². The first-order chi connectivity index (χ1) is 12.2. The number of esters is 2. The van der Waals surface area contributed by atoms with Gasteiger partial charge in [-0.1, -0.05) is 24.8 Å². The third-order valence-corrected chi connectivity index (χ3v) is 5.50. The first-order valence-electron chi connectivity index (χ1n) is 8.54. The molecule has 26 heavy (non-hydrogen) atoms. The van der Waals surface area contributed by atoms with E-state index in [-0.39, 0.29) is 12.0 Å². The smallest absolute Gasteiger partial charge is 0.334 e. The third kappa shape index (κ3) is 2.74. The number of hydrogen-bond donors (Lipinski definition) is 1. The van der Waals surface area contributed by atoms with Crippen LogP contribution in [-0.2, 0) is 23.9 Å². The summed E-state index contributed by atoms with van der Waals surface area (Å²) in [4.78, 5) is 36.1. The number of carbonyl (C=O) groups excluding carboxylic acids is 3. The lowest BCUT2D eigenvalue weighted by Crippen LogP contribution is -2.43. The van der Waals surface area contributed by atoms with Crippen LogP contribution in [0.4, 0.5) is 0 Å². The number of ether oxygens (including phenoxy) is 2. The minimum absolute atomic E-state index is 0.134. The number of allylic oxidation sites excluding steroid dienone is 2. The van der Waals surface area contributed by atoms with E-state index in [0.717, 1.165) is 0 Å². The molecule has 0 spiro atoms. The van der Waals surface area contributed by atoms with Crippen molar-refractivity contribution in [2.24, 2.45) is 11.8 Å². The molecule has 1 fully saturated rings. The van der Waals surface area contributed by atoms with Crippen molar-refractivity contribution in [2.75, 3.05) is 0 Å². The Balaban J connectivity index is 2.07. The molecule has 1 aliphatic heterocycles. The zero-order valence-electron chi connectivity index (χ0n) is 15.0. The molecule has 0 bridgehead atoms. The van der Waals surface area contributed by atoms with Crippen molar-refractivity contribution in [1.82, 2.24) is 0 Å². The summed E-state index contributed by atoms with van der Waals surface area (Å²) in [6.07, 6.45) is 4.22. The number of aliphatic hydroxyl groups is 1. The lowest BCUT2D eigenvalue weighted by molar-refractivity contribution is -0.150. The second-order valence-electron chi connectivity index (χ2n) is 7.18. The molecule has 1 unspecified atom stereocenters. The van der Waals surface area contributed by atoms with Gasteiger partial charge in [0.2, 0.25) is 0 Å². The number of rotatable bonds is 3. The molecule has 6 heteroatoms. The Morgan fingerprint density at radius 1 is 1.50 bits per heavy atom. The normalized spacial score (nSPS) is 36.4. The minimum atomic E-state index is -1.28. The molecule has 0 radical (unpaired) electrons. The maximum Gasteiger partial charge on any atom is 0.334 e. The molecule has 6 nitrogen and oxygen atoms in total. The van der Waals surface area contributed by atoms with Crippen molar-refractivity contribution in [1.29, 1.82) is 0 Å². The molecular formula is C20H22O6. The second-order valence-corrected chi connectivity index (χ2v) is 7.18. The molecule has 0 amide bonds. The molecule has 138 valence electrons. The van der Waals surface area contributed by atoms with Crippen molar-refractivity contribution in [3.8, 4) is 0 Å². The Kier molecular flexibility index (Phi) is 4.48. The van der Waals surface area contributed by atoms with Gasteiger partial charge in [0, 0.05) is 17.6 Å². The van der Waals surface area contributed by atoms with Gasteiger partial charge in [0.15, 0.2) is 0 Å². The van der Waals surface area contributed by atoms with E-state index < -0.39 is 41.6 Å². The average molecular weight is 358 g/mol. The van der Waals surface area contributed by atoms with E-state index >= 15 is 0 Å². The van der Waals surface area contributed by atoms with Crippen molar-refractivity contribution in [3.63, 3.8) is 0 Å². The Morgan fingerprint density at radius 2 is 2.19 bits per heavy atom. The molecule has 0 aromatic heterocycles. The maximum atomic E-state index is 12.3. The van der Waals surface area contributed by atoms with Gasteiger partial charge in [-0.25, -0.2) is 9.59 Å². The standard InChI is InChI=1S/C20H22O6/c1-5-10(2)18(22)25-14-8-12(9-21)13-6-7-20(4,24)16(13)17-15(14)11(3)19(23)26-17/h5-7,9,14-17,24H,3,8H2,1-2,4H3/b10-5-/t14-,15-,16?,17+,20-/m1/s1. The zero-order chi connectivity index (χ0) is 19.2. The van der Waals surface area contributed by atoms with Crippen molar-refractivity contribution < 1.29 is 29.0 Å². The number of hydrogen-bond acceptors (Lipinski definition) is 6. The van der Waals surface area contributed by atoms with Crippen LogP contribution in [0.5, 0.6) is 0 Å².